The van der Waals surface area contributed by atoms with Gasteiger partial charge in [0.1, 0.15) is 6.04 Å². The highest BCUT2D eigenvalue weighted by Crippen LogP contribution is 2.18. The number of amides is 1. The Morgan fingerprint density at radius 2 is 2.12 bits per heavy atom. The molecule has 0 aliphatic rings. The van der Waals surface area contributed by atoms with Gasteiger partial charge in [-0.3, -0.25) is 4.79 Å². The minimum atomic E-state index is -1.03. The highest BCUT2D eigenvalue weighted by Gasteiger charge is 2.18. The first-order valence-electron chi connectivity index (χ1n) is 5.15. The molecule has 1 atom stereocenters. The molecule has 0 saturated carbocycles. The molecule has 0 spiro atoms. The third-order valence-corrected chi connectivity index (χ3v) is 3.21. The van der Waals surface area contributed by atoms with Crippen molar-refractivity contribution >= 4 is 27.8 Å². The molecule has 92 valence electrons. The van der Waals surface area contributed by atoms with Gasteiger partial charge < -0.3 is 10.4 Å². The number of nitrogens with one attached hydrogen (secondary N) is 1. The summed E-state index contributed by atoms with van der Waals surface area (Å²) >= 11 is 3.39. The number of rotatable bonds is 4. The number of aliphatic carboxylic acids is 1. The Bertz CT molecular complexity index is 445. The zero-order valence-corrected chi connectivity index (χ0v) is 11.2. The molecule has 0 heterocycles. The molecule has 2 N–H and O–H groups in total. The molecule has 1 rings (SSSR count). The monoisotopic (exact) mass is 299 g/mol. The van der Waals surface area contributed by atoms with Crippen molar-refractivity contribution in [1.29, 1.82) is 0 Å². The summed E-state index contributed by atoms with van der Waals surface area (Å²) in [5, 5.41) is 11.4. The summed E-state index contributed by atoms with van der Waals surface area (Å²) in [5.74, 6) is -1.37. The lowest BCUT2D eigenvalue weighted by atomic mass is 10.0. The smallest absolute Gasteiger partial charge is 0.326 e. The average molecular weight is 300 g/mol. The summed E-state index contributed by atoms with van der Waals surface area (Å²) in [6.45, 7) is 3.26. The summed E-state index contributed by atoms with van der Waals surface area (Å²) < 4.78 is 0.932. The summed E-state index contributed by atoms with van der Waals surface area (Å²) in [4.78, 5) is 21.9. The lowest BCUT2D eigenvalue weighted by Gasteiger charge is -2.13. The van der Waals surface area contributed by atoms with Crippen molar-refractivity contribution < 1.29 is 14.7 Å². The van der Waals surface area contributed by atoms with Crippen molar-refractivity contribution in [2.24, 2.45) is 0 Å². The second-order valence-electron chi connectivity index (χ2n) is 3.88. The van der Waals surface area contributed by atoms with E-state index in [0.29, 0.717) is 0 Å². The van der Waals surface area contributed by atoms with E-state index >= 15 is 0 Å². The average Bonchev–Trinajstić information content (AvgIpc) is 2.21. The van der Waals surface area contributed by atoms with E-state index in [2.05, 4.69) is 21.2 Å². The zero-order valence-electron chi connectivity index (χ0n) is 9.66. The van der Waals surface area contributed by atoms with Gasteiger partial charge in [-0.2, -0.15) is 0 Å². The number of hydrogen-bond donors (Lipinski definition) is 2. The Balaban J connectivity index is 2.82. The predicted octanol–water partition coefficient (Wildman–Crippen LogP) is 1.89. The van der Waals surface area contributed by atoms with Crippen LogP contribution in [-0.2, 0) is 16.0 Å². The van der Waals surface area contributed by atoms with Gasteiger partial charge in [-0.1, -0.05) is 28.1 Å². The maximum Gasteiger partial charge on any atom is 0.326 e. The highest BCUT2D eigenvalue weighted by molar-refractivity contribution is 9.10. The first-order chi connectivity index (χ1) is 7.90. The van der Waals surface area contributed by atoms with E-state index in [1.165, 1.54) is 6.92 Å². The van der Waals surface area contributed by atoms with Gasteiger partial charge in [0.25, 0.3) is 0 Å². The lowest BCUT2D eigenvalue weighted by molar-refractivity contribution is -0.141. The third kappa shape index (κ3) is 4.19. The van der Waals surface area contributed by atoms with Crippen LogP contribution in [0.3, 0.4) is 0 Å². The largest absolute Gasteiger partial charge is 0.480 e. The van der Waals surface area contributed by atoms with Crippen molar-refractivity contribution in [3.05, 3.63) is 33.8 Å². The Hall–Kier alpha value is -1.36. The van der Waals surface area contributed by atoms with Crippen molar-refractivity contribution in [2.45, 2.75) is 26.3 Å². The van der Waals surface area contributed by atoms with Crippen LogP contribution in [0.25, 0.3) is 0 Å². The third-order valence-electron chi connectivity index (χ3n) is 2.35. The molecule has 4 nitrogen and oxygen atoms in total. The van der Waals surface area contributed by atoms with Gasteiger partial charge in [-0.05, 0) is 24.1 Å². The molecule has 0 aliphatic heterocycles. The number of aryl methyl sites for hydroxylation is 1. The van der Waals surface area contributed by atoms with E-state index in [-0.39, 0.29) is 12.3 Å². The molecule has 0 aromatic heterocycles. The first-order valence-corrected chi connectivity index (χ1v) is 5.94. The van der Waals surface area contributed by atoms with E-state index in [1.807, 2.05) is 25.1 Å². The topological polar surface area (TPSA) is 66.4 Å². The van der Waals surface area contributed by atoms with Gasteiger partial charge in [-0.15, -0.1) is 0 Å². The van der Waals surface area contributed by atoms with Gasteiger partial charge in [0.15, 0.2) is 0 Å². The van der Waals surface area contributed by atoms with Crippen LogP contribution in [0, 0.1) is 6.92 Å². The first kappa shape index (κ1) is 13.7. The Kier molecular flexibility index (Phi) is 4.69. The predicted molar refractivity (Wildman–Crippen MR) is 67.8 cm³/mol. The molecule has 17 heavy (non-hydrogen) atoms. The van der Waals surface area contributed by atoms with E-state index in [0.717, 1.165) is 15.6 Å². The number of halogens is 1. The summed E-state index contributed by atoms with van der Waals surface area (Å²) in [6.07, 6.45) is 0.272. The van der Waals surface area contributed by atoms with Gasteiger partial charge >= 0.3 is 5.97 Å². The van der Waals surface area contributed by atoms with Crippen molar-refractivity contribution in [1.82, 2.24) is 5.32 Å². The maximum absolute atomic E-state index is 11.0. The lowest BCUT2D eigenvalue weighted by Crippen LogP contribution is -2.41. The molecule has 0 radical (unpaired) electrons. The van der Waals surface area contributed by atoms with Crippen LogP contribution in [0.5, 0.6) is 0 Å². The van der Waals surface area contributed by atoms with E-state index in [4.69, 9.17) is 5.11 Å². The van der Waals surface area contributed by atoms with Crippen LogP contribution >= 0.6 is 15.9 Å². The molecular weight excluding hydrogens is 286 g/mol. The van der Waals surface area contributed by atoms with Crippen molar-refractivity contribution in [3.63, 3.8) is 0 Å². The minimum absolute atomic E-state index is 0.272. The molecule has 1 amide bonds. The number of carboxylic acid groups (broad SMARTS) is 1. The molecule has 0 saturated heterocycles. The van der Waals surface area contributed by atoms with Gasteiger partial charge in [0.05, 0.1) is 0 Å². The molecule has 0 fully saturated rings. The van der Waals surface area contributed by atoms with Crippen LogP contribution in [0.1, 0.15) is 18.1 Å². The number of carbonyl (C=O) groups is 2. The summed E-state index contributed by atoms with van der Waals surface area (Å²) in [6, 6.07) is 4.75. The van der Waals surface area contributed by atoms with E-state index in [9.17, 15) is 9.59 Å². The SMILES string of the molecule is CC(=O)NC(Cc1ccc(C)c(Br)c1)C(=O)O. The fraction of sp³-hybridized carbons (Fsp3) is 0.333. The van der Waals surface area contributed by atoms with Crippen LogP contribution in [0.2, 0.25) is 0 Å². The van der Waals surface area contributed by atoms with Crippen LogP contribution in [0.15, 0.2) is 22.7 Å². The number of carboxylic acids is 1. The molecule has 5 heteroatoms. The van der Waals surface area contributed by atoms with Crippen LogP contribution in [0.4, 0.5) is 0 Å². The van der Waals surface area contributed by atoms with Gasteiger partial charge in [-0.25, -0.2) is 4.79 Å². The Morgan fingerprint density at radius 1 is 1.47 bits per heavy atom. The second kappa shape index (κ2) is 5.82. The number of carbonyl (C=O) groups excluding carboxylic acids is 1. The quantitative estimate of drug-likeness (QED) is 0.892. The number of hydrogen-bond acceptors (Lipinski definition) is 2. The summed E-state index contributed by atoms with van der Waals surface area (Å²) in [7, 11) is 0. The fourth-order valence-electron chi connectivity index (χ4n) is 1.44. The Morgan fingerprint density at radius 3 is 2.59 bits per heavy atom. The van der Waals surface area contributed by atoms with Gasteiger partial charge in [0.2, 0.25) is 5.91 Å². The molecule has 1 aromatic carbocycles. The van der Waals surface area contributed by atoms with Crippen LogP contribution in [-0.4, -0.2) is 23.0 Å². The minimum Gasteiger partial charge on any atom is -0.480 e. The van der Waals surface area contributed by atoms with Crippen LogP contribution < -0.4 is 5.32 Å². The van der Waals surface area contributed by atoms with Crippen molar-refractivity contribution in [2.75, 3.05) is 0 Å². The zero-order chi connectivity index (χ0) is 13.0. The standard InChI is InChI=1S/C12H14BrNO3/c1-7-3-4-9(5-10(7)13)6-11(12(16)17)14-8(2)15/h3-5,11H,6H2,1-2H3,(H,14,15)(H,16,17). The molecule has 1 unspecified atom stereocenters. The molecular formula is C12H14BrNO3. The number of benzene rings is 1. The molecule has 0 aliphatic carbocycles. The van der Waals surface area contributed by atoms with Gasteiger partial charge in [0, 0.05) is 17.8 Å². The molecule has 1 aromatic rings. The Labute approximate surface area is 108 Å². The maximum atomic E-state index is 11.0. The molecule has 0 bridgehead atoms. The normalized spacial score (nSPS) is 11.9. The van der Waals surface area contributed by atoms with E-state index < -0.39 is 12.0 Å². The van der Waals surface area contributed by atoms with E-state index in [1.54, 1.807) is 0 Å². The highest BCUT2D eigenvalue weighted by atomic mass is 79.9. The summed E-state index contributed by atoms with van der Waals surface area (Å²) in [5.41, 5.74) is 1.95. The second-order valence-corrected chi connectivity index (χ2v) is 4.73. The fourth-order valence-corrected chi connectivity index (χ4v) is 1.87. The van der Waals surface area contributed by atoms with Crippen molar-refractivity contribution in [3.8, 4) is 0 Å².